The zero-order valence-corrected chi connectivity index (χ0v) is 10.3. The summed E-state index contributed by atoms with van der Waals surface area (Å²) in [5, 5.41) is 23.5. The summed E-state index contributed by atoms with van der Waals surface area (Å²) in [4.78, 5) is 32.5. The summed E-state index contributed by atoms with van der Waals surface area (Å²) in [7, 11) is 0. The van der Waals surface area contributed by atoms with E-state index in [0.717, 1.165) is 0 Å². The molecule has 0 bridgehead atoms. The van der Waals surface area contributed by atoms with Crippen molar-refractivity contribution in [1.82, 2.24) is 0 Å². The molecule has 1 amide bonds. The summed E-state index contributed by atoms with van der Waals surface area (Å²) < 4.78 is 0. The number of amides is 1. The first kappa shape index (κ1) is 14.7. The number of hydrogen-bond acceptors (Lipinski definition) is 5. The fourth-order valence-corrected chi connectivity index (χ4v) is 1.38. The third kappa shape index (κ3) is 4.79. The Morgan fingerprint density at radius 2 is 1.74 bits per heavy atom. The molecule has 0 aliphatic rings. The first-order valence-corrected chi connectivity index (χ1v) is 5.72. The number of rotatable bonds is 6. The molecule has 1 N–H and O–H groups in total. The molecule has 19 heavy (non-hydrogen) atoms. The molecule has 102 valence electrons. The number of benzene rings is 1. The van der Waals surface area contributed by atoms with E-state index in [9.17, 15) is 24.6 Å². The Balaban J connectivity index is 2.48. The average molecular weight is 263 g/mol. The molecule has 0 aliphatic heterocycles. The molecule has 0 aromatic heterocycles. The van der Waals surface area contributed by atoms with Gasteiger partial charge in [0.2, 0.25) is 5.91 Å². The minimum atomic E-state index is -1.29. The number of carboxylic acids is 2. The van der Waals surface area contributed by atoms with Gasteiger partial charge in [-0.1, -0.05) is 19.1 Å². The molecule has 0 fully saturated rings. The number of nitrogens with one attached hydrogen (secondary N) is 1. The van der Waals surface area contributed by atoms with Crippen molar-refractivity contribution in [1.29, 1.82) is 0 Å². The predicted molar refractivity (Wildman–Crippen MR) is 62.8 cm³/mol. The summed E-state index contributed by atoms with van der Waals surface area (Å²) in [6.45, 7) is 1.47. The molecule has 1 rings (SSSR count). The van der Waals surface area contributed by atoms with Gasteiger partial charge in [0.05, 0.1) is 5.97 Å². The fraction of sp³-hybridized carbons (Fsp3) is 0.308. The third-order valence-electron chi connectivity index (χ3n) is 2.61. The van der Waals surface area contributed by atoms with Gasteiger partial charge in [0.15, 0.2) is 0 Å². The van der Waals surface area contributed by atoms with Gasteiger partial charge in [0.1, 0.15) is 0 Å². The third-order valence-corrected chi connectivity index (χ3v) is 2.61. The summed E-state index contributed by atoms with van der Waals surface area (Å²) >= 11 is 0. The molecular weight excluding hydrogens is 250 g/mol. The Labute approximate surface area is 110 Å². The molecule has 1 atom stereocenters. The number of aliphatic carboxylic acids is 1. The van der Waals surface area contributed by atoms with Crippen LogP contribution in [-0.4, -0.2) is 17.8 Å². The fourth-order valence-electron chi connectivity index (χ4n) is 1.38. The first-order chi connectivity index (χ1) is 8.90. The molecule has 6 nitrogen and oxygen atoms in total. The topological polar surface area (TPSA) is 109 Å². The monoisotopic (exact) mass is 263 g/mol. The standard InChI is InChI=1S/C13H15NO5/c1-8(12(16)17)2-7-11(15)14-10-5-3-9(4-6-10)13(18)19/h3-6,8H,2,7H2,1H3,(H,14,15)(H,16,17)(H,18,19)/p-2. The van der Waals surface area contributed by atoms with Gasteiger partial charge >= 0.3 is 0 Å². The summed E-state index contributed by atoms with van der Waals surface area (Å²) in [5.41, 5.74) is 0.458. The molecule has 0 radical (unpaired) electrons. The van der Waals surface area contributed by atoms with Crippen molar-refractivity contribution in [3.05, 3.63) is 29.8 Å². The molecule has 0 saturated heterocycles. The number of hydrogen-bond donors (Lipinski definition) is 1. The van der Waals surface area contributed by atoms with Crippen molar-refractivity contribution in [3.8, 4) is 0 Å². The molecule has 6 heteroatoms. The van der Waals surface area contributed by atoms with Crippen LogP contribution in [0.1, 0.15) is 30.1 Å². The van der Waals surface area contributed by atoms with E-state index in [0.29, 0.717) is 5.69 Å². The molecule has 1 unspecified atom stereocenters. The van der Waals surface area contributed by atoms with Crippen LogP contribution >= 0.6 is 0 Å². The van der Waals surface area contributed by atoms with Crippen LogP contribution in [0.5, 0.6) is 0 Å². The van der Waals surface area contributed by atoms with Crippen molar-refractivity contribution < 1.29 is 24.6 Å². The molecule has 1 aromatic rings. The van der Waals surface area contributed by atoms with E-state index in [1.54, 1.807) is 0 Å². The molecule has 0 heterocycles. The molecular formula is C13H13NO5-2. The molecule has 0 spiro atoms. The number of carboxylic acid groups (broad SMARTS) is 2. The maximum absolute atomic E-state index is 11.5. The Morgan fingerprint density at radius 3 is 2.21 bits per heavy atom. The number of carbonyl (C=O) groups excluding carboxylic acids is 3. The highest BCUT2D eigenvalue weighted by Gasteiger charge is 2.07. The van der Waals surface area contributed by atoms with Crippen LogP contribution in [0, 0.1) is 5.92 Å². The van der Waals surface area contributed by atoms with E-state index in [2.05, 4.69) is 5.32 Å². The second kappa shape index (κ2) is 6.53. The summed E-state index contributed by atoms with van der Waals surface area (Å²) in [6, 6.07) is 5.50. The van der Waals surface area contributed by atoms with E-state index in [-0.39, 0.29) is 24.3 Å². The Morgan fingerprint density at radius 1 is 1.16 bits per heavy atom. The van der Waals surface area contributed by atoms with Crippen LogP contribution in [-0.2, 0) is 9.59 Å². The summed E-state index contributed by atoms with van der Waals surface area (Å²) in [5.74, 6) is -3.51. The lowest BCUT2D eigenvalue weighted by molar-refractivity contribution is -0.311. The van der Waals surface area contributed by atoms with Crippen molar-refractivity contribution in [3.63, 3.8) is 0 Å². The van der Waals surface area contributed by atoms with Gasteiger partial charge in [-0.15, -0.1) is 0 Å². The Hall–Kier alpha value is -2.37. The van der Waals surface area contributed by atoms with Gasteiger partial charge < -0.3 is 25.1 Å². The van der Waals surface area contributed by atoms with Gasteiger partial charge in [-0.25, -0.2) is 0 Å². The highest BCUT2D eigenvalue weighted by Crippen LogP contribution is 2.11. The maximum Gasteiger partial charge on any atom is 0.224 e. The zero-order chi connectivity index (χ0) is 14.4. The lowest BCUT2D eigenvalue weighted by Gasteiger charge is -2.12. The Bertz CT molecular complexity index is 480. The van der Waals surface area contributed by atoms with E-state index in [1.807, 2.05) is 0 Å². The van der Waals surface area contributed by atoms with E-state index in [4.69, 9.17) is 0 Å². The summed E-state index contributed by atoms with van der Waals surface area (Å²) in [6.07, 6.45) is 0.239. The second-order valence-corrected chi connectivity index (χ2v) is 4.17. The predicted octanol–water partition coefficient (Wildman–Crippen LogP) is -0.845. The minimum Gasteiger partial charge on any atom is -0.550 e. The van der Waals surface area contributed by atoms with Gasteiger partial charge in [-0.05, 0) is 30.0 Å². The van der Waals surface area contributed by atoms with Gasteiger partial charge in [-0.2, -0.15) is 0 Å². The number of aromatic carboxylic acids is 1. The normalized spacial score (nSPS) is 11.6. The lowest BCUT2D eigenvalue weighted by atomic mass is 10.1. The quantitative estimate of drug-likeness (QED) is 0.719. The largest absolute Gasteiger partial charge is 0.550 e. The van der Waals surface area contributed by atoms with Gasteiger partial charge in [0.25, 0.3) is 0 Å². The van der Waals surface area contributed by atoms with Crippen molar-refractivity contribution in [2.75, 3.05) is 5.32 Å². The van der Waals surface area contributed by atoms with Gasteiger partial charge in [0, 0.05) is 18.1 Å². The van der Waals surface area contributed by atoms with Crippen LogP contribution in [0.25, 0.3) is 0 Å². The first-order valence-electron chi connectivity index (χ1n) is 5.72. The van der Waals surface area contributed by atoms with Crippen LogP contribution in [0.3, 0.4) is 0 Å². The smallest absolute Gasteiger partial charge is 0.224 e. The number of carbonyl (C=O) groups is 3. The van der Waals surface area contributed by atoms with Crippen LogP contribution < -0.4 is 15.5 Å². The van der Waals surface area contributed by atoms with Crippen LogP contribution in [0.2, 0.25) is 0 Å². The van der Waals surface area contributed by atoms with Crippen molar-refractivity contribution >= 4 is 23.5 Å². The molecule has 0 saturated carbocycles. The lowest BCUT2D eigenvalue weighted by Crippen LogP contribution is -2.30. The minimum absolute atomic E-state index is 0.0172. The highest BCUT2D eigenvalue weighted by molar-refractivity contribution is 5.92. The van der Waals surface area contributed by atoms with E-state index >= 15 is 0 Å². The molecule has 0 aliphatic carbocycles. The average Bonchev–Trinajstić information content (AvgIpc) is 2.36. The Kier molecular flexibility index (Phi) is 5.05. The van der Waals surface area contributed by atoms with E-state index in [1.165, 1.54) is 31.2 Å². The number of anilines is 1. The SMILES string of the molecule is CC(CCC(=O)Nc1ccc(C(=O)[O-])cc1)C(=O)[O-]. The van der Waals surface area contributed by atoms with E-state index < -0.39 is 17.9 Å². The van der Waals surface area contributed by atoms with Crippen LogP contribution in [0.15, 0.2) is 24.3 Å². The zero-order valence-electron chi connectivity index (χ0n) is 10.3. The van der Waals surface area contributed by atoms with Crippen LogP contribution in [0.4, 0.5) is 5.69 Å². The highest BCUT2D eigenvalue weighted by atomic mass is 16.4. The van der Waals surface area contributed by atoms with Crippen molar-refractivity contribution in [2.24, 2.45) is 5.92 Å². The van der Waals surface area contributed by atoms with Gasteiger partial charge in [-0.3, -0.25) is 4.79 Å². The van der Waals surface area contributed by atoms with Crippen molar-refractivity contribution in [2.45, 2.75) is 19.8 Å². The molecule has 1 aromatic carbocycles. The second-order valence-electron chi connectivity index (χ2n) is 4.17. The maximum atomic E-state index is 11.5.